The highest BCUT2D eigenvalue weighted by Gasteiger charge is 2.51. The molecular weight excluding hydrogens is 759 g/mol. The Morgan fingerprint density at radius 3 is 1.82 bits per heavy atom. The topological polar surface area (TPSA) is 266 Å². The predicted molar refractivity (Wildman–Crippen MR) is 178 cm³/mol. The maximum Gasteiger partial charge on any atom is 0.587 e. The van der Waals surface area contributed by atoms with Crippen molar-refractivity contribution in [2.24, 2.45) is 16.5 Å². The van der Waals surface area contributed by atoms with E-state index < -0.39 is 80.7 Å². The number of nitrogens with zero attached hydrogens (tertiary/aromatic N) is 1. The van der Waals surface area contributed by atoms with Gasteiger partial charge in [0.15, 0.2) is 17.8 Å². The summed E-state index contributed by atoms with van der Waals surface area (Å²) in [7, 11) is -4.00. The quantitative estimate of drug-likeness (QED) is 0.103. The number of carbonyl (C=O) groups is 1. The number of phosphoric acid groups is 1. The molecule has 2 unspecified atom stereocenters. The Kier molecular flexibility index (Phi) is 15.2. The highest BCUT2D eigenvalue weighted by Crippen LogP contribution is 2.52. The van der Waals surface area contributed by atoms with Gasteiger partial charge in [-0.3, -0.25) is 9.52 Å². The Morgan fingerprint density at radius 1 is 0.918 bits per heavy atom. The molecule has 2 aliphatic rings. The molecule has 4 rings (SSSR count). The molecule has 0 aromatic heterocycles. The number of nitrogens with two attached hydrogens (primary N) is 2. The number of carboxylic acid groups (broad SMARTS) is 1. The van der Waals surface area contributed by atoms with Crippen molar-refractivity contribution in [1.29, 1.82) is 0 Å². The summed E-state index contributed by atoms with van der Waals surface area (Å²) in [5.41, 5.74) is 11.2. The molecule has 0 bridgehead atoms. The fourth-order valence-electron chi connectivity index (χ4n) is 4.59. The molecule has 0 amide bonds. The third kappa shape index (κ3) is 11.0. The Labute approximate surface area is 300 Å². The average molecular weight is 795 g/mol. The number of aliphatic hydroxyl groups is 5. The number of phosphoric ester groups is 1. The van der Waals surface area contributed by atoms with Crippen LogP contribution in [0.5, 0.6) is 11.5 Å². The number of halogens is 4. The molecule has 2 aromatic carbocycles. The number of rotatable bonds is 9. The molecule has 49 heavy (non-hydrogen) atoms. The normalized spacial score (nSPS) is 30.6. The van der Waals surface area contributed by atoms with E-state index in [4.69, 9.17) is 86.0 Å². The van der Waals surface area contributed by atoms with Crippen molar-refractivity contribution in [1.82, 2.24) is 0 Å². The first-order chi connectivity index (χ1) is 22.9. The van der Waals surface area contributed by atoms with E-state index in [0.717, 1.165) is 0 Å². The minimum absolute atomic E-state index is 0.0910. The summed E-state index contributed by atoms with van der Waals surface area (Å²) < 4.78 is 39.6. The van der Waals surface area contributed by atoms with Crippen LogP contribution < -0.4 is 20.5 Å². The van der Waals surface area contributed by atoms with Crippen LogP contribution in [0.1, 0.15) is 20.3 Å². The van der Waals surface area contributed by atoms with Gasteiger partial charge in [-0.15, -0.1) is 0 Å². The summed E-state index contributed by atoms with van der Waals surface area (Å²) in [5.74, 6) is -1.75. The SMILES string of the molecule is CCOP(=O)(Oc1ccc(Cl)cc1Cl)Oc1ccc(Cl)cc1Cl.C[C@H]1O[C@H](OC2[C@@H](O)[C@@H](O)C(O)[C@H](O)[C@H]2O)[C@@H](N)C[C@@H]1N=C(N)C(=O)O. The molecule has 2 aromatic rings. The Balaban J connectivity index is 0.000000267. The first-order valence-corrected chi connectivity index (χ1v) is 17.4. The van der Waals surface area contributed by atoms with Gasteiger partial charge in [-0.2, -0.15) is 0 Å². The summed E-state index contributed by atoms with van der Waals surface area (Å²) >= 11 is 23.6. The third-order valence-corrected chi connectivity index (χ3v) is 9.61. The van der Waals surface area contributed by atoms with E-state index >= 15 is 0 Å². The van der Waals surface area contributed by atoms with Gasteiger partial charge in [-0.1, -0.05) is 46.4 Å². The summed E-state index contributed by atoms with van der Waals surface area (Å²) in [5, 5.41) is 59.0. The zero-order valence-electron chi connectivity index (χ0n) is 25.8. The van der Waals surface area contributed by atoms with Gasteiger partial charge in [0.1, 0.15) is 36.6 Å². The van der Waals surface area contributed by atoms with Gasteiger partial charge in [0.05, 0.1) is 34.8 Å². The monoisotopic (exact) mass is 793 g/mol. The van der Waals surface area contributed by atoms with Gasteiger partial charge >= 0.3 is 13.8 Å². The zero-order chi connectivity index (χ0) is 36.8. The van der Waals surface area contributed by atoms with Crippen LogP contribution in [0.3, 0.4) is 0 Å². The van der Waals surface area contributed by atoms with E-state index in [1.165, 1.54) is 36.4 Å². The fraction of sp³-hybridized carbons (Fsp3) is 0.500. The average Bonchev–Trinajstić information content (AvgIpc) is 3.02. The molecular formula is C28H36Cl4N3O13P. The maximum atomic E-state index is 12.8. The van der Waals surface area contributed by atoms with Crippen LogP contribution >= 0.6 is 54.2 Å². The smallest absolute Gasteiger partial charge is 0.475 e. The van der Waals surface area contributed by atoms with E-state index in [2.05, 4.69) is 4.99 Å². The number of ether oxygens (including phenoxy) is 2. The lowest BCUT2D eigenvalue weighted by Crippen LogP contribution is -2.66. The number of hydrogen-bond donors (Lipinski definition) is 8. The van der Waals surface area contributed by atoms with Crippen LogP contribution in [0.2, 0.25) is 20.1 Å². The van der Waals surface area contributed by atoms with Gasteiger partial charge in [-0.05, 0) is 56.7 Å². The predicted octanol–water partition coefficient (Wildman–Crippen LogP) is 2.36. The molecule has 1 saturated heterocycles. The lowest BCUT2D eigenvalue weighted by molar-refractivity contribution is -0.293. The number of aliphatic imine (C=N–C) groups is 1. The summed E-state index contributed by atoms with van der Waals surface area (Å²) in [6.45, 7) is 3.33. The molecule has 1 aliphatic carbocycles. The van der Waals surface area contributed by atoms with Crippen LogP contribution in [-0.4, -0.2) is 110 Å². The van der Waals surface area contributed by atoms with Crippen LogP contribution in [0.25, 0.3) is 0 Å². The largest absolute Gasteiger partial charge is 0.587 e. The number of aliphatic hydroxyl groups excluding tert-OH is 5. The van der Waals surface area contributed by atoms with Gasteiger partial charge in [0.2, 0.25) is 5.84 Å². The van der Waals surface area contributed by atoms with E-state index in [1.807, 2.05) is 0 Å². The van der Waals surface area contributed by atoms with Crippen molar-refractivity contribution in [3.63, 3.8) is 0 Å². The standard InChI is InChI=1S/C14H11Cl4O4P.C14H25N3O9/c1-2-20-23(19,21-13-5-3-9(15)7-11(13)17)22-14-6-4-10(16)8-12(14)18;1-3-5(17-12(16)13(23)24)2-4(15)14(25-3)26-11-9(21)7(19)6(18)8(20)10(11)22/h3-8H,2H2,1H3;3-11,14,18-22H,2,15H2,1H3,(H2,16,17)(H,23,24)/t;3-,4+,5+,6?,7+,8+,9-,10+,11?,14-/m.1/s1. The van der Waals surface area contributed by atoms with Gasteiger partial charge in [0, 0.05) is 10.0 Å². The van der Waals surface area contributed by atoms with E-state index in [0.29, 0.717) is 10.0 Å². The summed E-state index contributed by atoms with van der Waals surface area (Å²) in [4.78, 5) is 14.6. The number of amidine groups is 1. The van der Waals surface area contributed by atoms with Crippen LogP contribution in [-0.2, 0) is 23.4 Å². The molecule has 0 radical (unpaired) electrons. The third-order valence-electron chi connectivity index (χ3n) is 7.14. The molecule has 274 valence electrons. The van der Waals surface area contributed by atoms with E-state index in [-0.39, 0.29) is 34.6 Å². The Morgan fingerprint density at radius 2 is 1.39 bits per heavy atom. The molecule has 10 atom stereocenters. The molecule has 1 aliphatic heterocycles. The van der Waals surface area contributed by atoms with Gasteiger partial charge in [0.25, 0.3) is 0 Å². The molecule has 1 heterocycles. The Bertz CT molecular complexity index is 1450. The van der Waals surface area contributed by atoms with Crippen molar-refractivity contribution >= 4 is 66.0 Å². The van der Waals surface area contributed by atoms with Crippen LogP contribution in [0.4, 0.5) is 0 Å². The molecule has 21 heteroatoms. The molecule has 0 spiro atoms. The summed E-state index contributed by atoms with van der Waals surface area (Å²) in [6.07, 6.45) is -11.7. The molecule has 10 N–H and O–H groups in total. The second kappa shape index (κ2) is 18.0. The second-order valence-electron chi connectivity index (χ2n) is 10.7. The first-order valence-electron chi connectivity index (χ1n) is 14.4. The van der Waals surface area contributed by atoms with Gasteiger partial charge < -0.3 is 60.6 Å². The highest BCUT2D eigenvalue weighted by atomic mass is 35.5. The van der Waals surface area contributed by atoms with E-state index in [9.17, 15) is 34.9 Å². The van der Waals surface area contributed by atoms with Crippen molar-refractivity contribution < 1.29 is 63.0 Å². The number of aliphatic carboxylic acids is 1. The maximum absolute atomic E-state index is 12.8. The minimum Gasteiger partial charge on any atom is -0.475 e. The Hall–Kier alpha value is -1.99. The first kappa shape index (κ1) is 41.4. The van der Waals surface area contributed by atoms with Gasteiger partial charge in [-0.25, -0.2) is 9.36 Å². The summed E-state index contributed by atoms with van der Waals surface area (Å²) in [6, 6.07) is 7.44. The number of carboxylic acids is 1. The molecule has 16 nitrogen and oxygen atoms in total. The fourth-order valence-corrected chi connectivity index (χ4v) is 6.85. The van der Waals surface area contributed by atoms with Crippen molar-refractivity contribution in [2.45, 2.75) is 81.4 Å². The minimum atomic E-state index is -4.00. The molecule has 2 fully saturated rings. The van der Waals surface area contributed by atoms with Crippen molar-refractivity contribution in [2.75, 3.05) is 6.61 Å². The van der Waals surface area contributed by atoms with Crippen LogP contribution in [0.15, 0.2) is 41.4 Å². The van der Waals surface area contributed by atoms with E-state index in [1.54, 1.807) is 13.8 Å². The lowest BCUT2D eigenvalue weighted by atomic mass is 9.84. The lowest BCUT2D eigenvalue weighted by Gasteiger charge is -2.45. The number of hydrogen-bond acceptors (Lipinski definition) is 14. The second-order valence-corrected chi connectivity index (χ2v) is 14.0. The zero-order valence-corrected chi connectivity index (χ0v) is 29.7. The highest BCUT2D eigenvalue weighted by molar-refractivity contribution is 7.49. The number of benzene rings is 2. The van der Waals surface area contributed by atoms with Crippen molar-refractivity contribution in [3.8, 4) is 11.5 Å². The van der Waals surface area contributed by atoms with Crippen molar-refractivity contribution in [3.05, 3.63) is 56.5 Å². The molecule has 1 saturated carbocycles. The van der Waals surface area contributed by atoms with Crippen LogP contribution in [0, 0.1) is 0 Å².